The van der Waals surface area contributed by atoms with E-state index in [0.29, 0.717) is 18.7 Å². The largest absolute Gasteiger partial charge is 0.496 e. The van der Waals surface area contributed by atoms with Crippen molar-refractivity contribution >= 4 is 0 Å². The minimum atomic E-state index is -0.866. The summed E-state index contributed by atoms with van der Waals surface area (Å²) in [6.45, 7) is 0.362. The smallest absolute Gasteiger partial charge is 0.137 e. The average molecular weight is 319 g/mol. The molecule has 6 nitrogen and oxygen atoms in total. The standard InChI is InChI=1S/C18H17N5O/c1-24-17-8-3-2-7-16(17)18(11-19,12-23-14-20-13-22-23)10-15-6-4-5-9-21-15/h2-9,13-14H,10,12H2,1H3. The Hall–Kier alpha value is -3.20. The lowest BCUT2D eigenvalue weighted by Crippen LogP contribution is -2.33. The molecule has 0 aliphatic carbocycles. The van der Waals surface area contributed by atoms with E-state index in [1.165, 1.54) is 6.33 Å². The van der Waals surface area contributed by atoms with Gasteiger partial charge in [0, 0.05) is 23.9 Å². The monoisotopic (exact) mass is 319 g/mol. The van der Waals surface area contributed by atoms with Gasteiger partial charge in [-0.25, -0.2) is 4.98 Å². The third kappa shape index (κ3) is 3.10. The number of para-hydroxylation sites is 1. The summed E-state index contributed by atoms with van der Waals surface area (Å²) in [4.78, 5) is 8.36. The Bertz CT molecular complexity index is 826. The predicted molar refractivity (Wildman–Crippen MR) is 88.2 cm³/mol. The number of methoxy groups -OCH3 is 1. The van der Waals surface area contributed by atoms with Crippen LogP contribution >= 0.6 is 0 Å². The van der Waals surface area contributed by atoms with Crippen LogP contribution in [0.1, 0.15) is 11.3 Å². The second-order valence-corrected chi connectivity index (χ2v) is 5.49. The van der Waals surface area contributed by atoms with Crippen molar-refractivity contribution < 1.29 is 4.74 Å². The van der Waals surface area contributed by atoms with Crippen molar-refractivity contribution in [1.29, 1.82) is 5.26 Å². The number of rotatable bonds is 6. The summed E-state index contributed by atoms with van der Waals surface area (Å²) in [7, 11) is 1.61. The highest BCUT2D eigenvalue weighted by atomic mass is 16.5. The van der Waals surface area contributed by atoms with Gasteiger partial charge in [0.2, 0.25) is 0 Å². The Morgan fingerprint density at radius 1 is 1.21 bits per heavy atom. The highest BCUT2D eigenvalue weighted by Gasteiger charge is 2.36. The van der Waals surface area contributed by atoms with Crippen LogP contribution in [0.3, 0.4) is 0 Å². The van der Waals surface area contributed by atoms with Crippen LogP contribution in [-0.4, -0.2) is 26.9 Å². The quantitative estimate of drug-likeness (QED) is 0.697. The van der Waals surface area contributed by atoms with Gasteiger partial charge in [0.05, 0.1) is 19.7 Å². The first-order valence-electron chi connectivity index (χ1n) is 7.54. The molecule has 0 fully saturated rings. The number of nitrogens with zero attached hydrogens (tertiary/aromatic N) is 5. The van der Waals surface area contributed by atoms with Gasteiger partial charge >= 0.3 is 0 Å². The summed E-state index contributed by atoms with van der Waals surface area (Å²) < 4.78 is 7.16. The normalized spacial score (nSPS) is 13.0. The number of aromatic nitrogens is 4. The molecule has 24 heavy (non-hydrogen) atoms. The summed E-state index contributed by atoms with van der Waals surface area (Å²) in [5, 5.41) is 14.3. The van der Waals surface area contributed by atoms with Gasteiger partial charge in [-0.1, -0.05) is 24.3 Å². The van der Waals surface area contributed by atoms with Gasteiger partial charge in [-0.3, -0.25) is 9.67 Å². The number of ether oxygens (including phenoxy) is 1. The van der Waals surface area contributed by atoms with Crippen molar-refractivity contribution in [1.82, 2.24) is 19.7 Å². The van der Waals surface area contributed by atoms with E-state index in [1.54, 1.807) is 24.3 Å². The number of benzene rings is 1. The number of hydrogen-bond acceptors (Lipinski definition) is 5. The first-order chi connectivity index (χ1) is 11.8. The molecular weight excluding hydrogens is 302 g/mol. The zero-order chi connectivity index (χ0) is 16.8. The fourth-order valence-corrected chi connectivity index (χ4v) is 2.81. The molecule has 0 bridgehead atoms. The Balaban J connectivity index is 2.10. The molecule has 2 aromatic heterocycles. The summed E-state index contributed by atoms with van der Waals surface area (Å²) in [5.41, 5.74) is 0.787. The van der Waals surface area contributed by atoms with Crippen LogP contribution in [0.5, 0.6) is 5.75 Å². The van der Waals surface area contributed by atoms with E-state index in [2.05, 4.69) is 21.1 Å². The molecular formula is C18H17N5O. The summed E-state index contributed by atoms with van der Waals surface area (Å²) in [6.07, 6.45) is 5.25. The lowest BCUT2D eigenvalue weighted by atomic mass is 9.77. The zero-order valence-electron chi connectivity index (χ0n) is 13.3. The summed E-state index contributed by atoms with van der Waals surface area (Å²) in [5.74, 6) is 0.676. The van der Waals surface area contributed by atoms with E-state index in [0.717, 1.165) is 11.3 Å². The molecule has 0 amide bonds. The minimum absolute atomic E-state index is 0.362. The van der Waals surface area contributed by atoms with Crippen molar-refractivity contribution in [3.8, 4) is 11.8 Å². The molecule has 6 heteroatoms. The van der Waals surface area contributed by atoms with E-state index < -0.39 is 5.41 Å². The first-order valence-corrected chi connectivity index (χ1v) is 7.54. The molecule has 3 aromatic rings. The Labute approximate surface area is 140 Å². The number of hydrogen-bond donors (Lipinski definition) is 0. The topological polar surface area (TPSA) is 76.6 Å². The van der Waals surface area contributed by atoms with Crippen LogP contribution in [0, 0.1) is 11.3 Å². The predicted octanol–water partition coefficient (Wildman–Crippen LogP) is 2.39. The maximum absolute atomic E-state index is 10.1. The molecule has 1 aromatic carbocycles. The molecule has 0 aliphatic rings. The van der Waals surface area contributed by atoms with Crippen molar-refractivity contribution in [2.75, 3.05) is 7.11 Å². The van der Waals surface area contributed by atoms with Crippen LogP contribution in [0.2, 0.25) is 0 Å². The lowest BCUT2D eigenvalue weighted by Gasteiger charge is -2.28. The molecule has 0 N–H and O–H groups in total. The first kappa shape index (κ1) is 15.7. The van der Waals surface area contributed by atoms with Gasteiger partial charge in [-0.2, -0.15) is 10.4 Å². The van der Waals surface area contributed by atoms with Crippen molar-refractivity contribution in [3.63, 3.8) is 0 Å². The highest BCUT2D eigenvalue weighted by molar-refractivity contribution is 5.44. The number of pyridine rings is 1. The highest BCUT2D eigenvalue weighted by Crippen LogP contribution is 2.35. The fourth-order valence-electron chi connectivity index (χ4n) is 2.81. The molecule has 2 heterocycles. The molecule has 1 atom stereocenters. The summed E-state index contributed by atoms with van der Waals surface area (Å²) >= 11 is 0. The Kier molecular flexibility index (Phi) is 4.52. The zero-order valence-corrected chi connectivity index (χ0v) is 13.3. The molecule has 0 aliphatic heterocycles. The second-order valence-electron chi connectivity index (χ2n) is 5.49. The Morgan fingerprint density at radius 2 is 2.04 bits per heavy atom. The van der Waals surface area contributed by atoms with Crippen LogP contribution < -0.4 is 4.74 Å². The molecule has 3 rings (SSSR count). The van der Waals surface area contributed by atoms with Crippen LogP contribution in [0.15, 0.2) is 61.3 Å². The van der Waals surface area contributed by atoms with Gasteiger partial charge in [-0.15, -0.1) is 0 Å². The van der Waals surface area contributed by atoms with E-state index in [-0.39, 0.29) is 0 Å². The lowest BCUT2D eigenvalue weighted by molar-refractivity contribution is 0.372. The second kappa shape index (κ2) is 6.92. The van der Waals surface area contributed by atoms with Gasteiger partial charge in [-0.05, 0) is 18.2 Å². The van der Waals surface area contributed by atoms with E-state index >= 15 is 0 Å². The van der Waals surface area contributed by atoms with Gasteiger partial charge in [0.15, 0.2) is 0 Å². The van der Waals surface area contributed by atoms with E-state index in [1.807, 2.05) is 42.5 Å². The molecule has 0 saturated carbocycles. The van der Waals surface area contributed by atoms with Crippen molar-refractivity contribution in [2.24, 2.45) is 0 Å². The molecule has 0 spiro atoms. The van der Waals surface area contributed by atoms with Crippen LogP contribution in [0.25, 0.3) is 0 Å². The van der Waals surface area contributed by atoms with E-state index in [4.69, 9.17) is 4.74 Å². The Morgan fingerprint density at radius 3 is 2.71 bits per heavy atom. The van der Waals surface area contributed by atoms with Crippen LogP contribution in [-0.2, 0) is 18.4 Å². The molecule has 120 valence electrons. The van der Waals surface area contributed by atoms with Gasteiger partial charge in [0.25, 0.3) is 0 Å². The fraction of sp³-hybridized carbons (Fsp3) is 0.222. The summed E-state index contributed by atoms with van der Waals surface area (Å²) in [6, 6.07) is 15.8. The van der Waals surface area contributed by atoms with Crippen LogP contribution in [0.4, 0.5) is 0 Å². The minimum Gasteiger partial charge on any atom is -0.496 e. The molecule has 0 radical (unpaired) electrons. The van der Waals surface area contributed by atoms with E-state index in [9.17, 15) is 5.26 Å². The van der Waals surface area contributed by atoms with Crippen molar-refractivity contribution in [2.45, 2.75) is 18.4 Å². The van der Waals surface area contributed by atoms with Gasteiger partial charge < -0.3 is 4.74 Å². The molecule has 1 unspecified atom stereocenters. The maximum atomic E-state index is 10.1. The van der Waals surface area contributed by atoms with Gasteiger partial charge in [0.1, 0.15) is 23.8 Å². The van der Waals surface area contributed by atoms with Crippen molar-refractivity contribution in [3.05, 3.63) is 72.6 Å². The molecule has 0 saturated heterocycles. The number of nitriles is 1. The maximum Gasteiger partial charge on any atom is 0.137 e. The average Bonchev–Trinajstić information content (AvgIpc) is 3.15. The third-order valence-corrected chi connectivity index (χ3v) is 3.94. The third-order valence-electron chi connectivity index (χ3n) is 3.94. The SMILES string of the molecule is COc1ccccc1C(C#N)(Cc1ccccn1)Cn1cncn1.